The first kappa shape index (κ1) is 18.0. The second kappa shape index (κ2) is 8.11. The zero-order valence-electron chi connectivity index (χ0n) is 14.8. The molecule has 0 amide bonds. The third-order valence-electron chi connectivity index (χ3n) is 4.19. The maximum absolute atomic E-state index is 12.2. The maximum Gasteiger partial charge on any atom is 0.363 e. The van der Waals surface area contributed by atoms with E-state index in [0.29, 0.717) is 23.3 Å². The van der Waals surface area contributed by atoms with Crippen LogP contribution in [-0.4, -0.2) is 11.9 Å². The van der Waals surface area contributed by atoms with E-state index < -0.39 is 5.97 Å². The van der Waals surface area contributed by atoms with Crippen LogP contribution in [0.4, 0.5) is 0 Å². The first-order valence-corrected chi connectivity index (χ1v) is 9.12. The Kier molecular flexibility index (Phi) is 5.22. The molecule has 138 valence electrons. The monoisotopic (exact) mass is 389 g/mol. The van der Waals surface area contributed by atoms with Gasteiger partial charge < -0.3 is 9.47 Å². The van der Waals surface area contributed by atoms with Crippen LogP contribution < -0.4 is 4.74 Å². The number of ether oxygens (including phenoxy) is 2. The van der Waals surface area contributed by atoms with Crippen LogP contribution in [0, 0.1) is 0 Å². The minimum absolute atomic E-state index is 0.229. The quantitative estimate of drug-likeness (QED) is 0.441. The second-order valence-electron chi connectivity index (χ2n) is 6.12. The summed E-state index contributed by atoms with van der Waals surface area (Å²) in [5.74, 6) is 0.442. The molecule has 1 heterocycles. The van der Waals surface area contributed by atoms with Crippen LogP contribution >= 0.6 is 11.6 Å². The number of hydrogen-bond acceptors (Lipinski definition) is 4. The minimum atomic E-state index is -0.486. The molecular formula is C23H16ClNO3. The number of para-hydroxylation sites is 1. The molecule has 4 rings (SSSR count). The van der Waals surface area contributed by atoms with Gasteiger partial charge in [0.25, 0.3) is 0 Å². The molecule has 0 N–H and O–H groups in total. The number of benzene rings is 3. The molecule has 0 saturated heterocycles. The minimum Gasteiger partial charge on any atom is -0.488 e. The lowest BCUT2D eigenvalue weighted by molar-refractivity contribution is -0.129. The van der Waals surface area contributed by atoms with Crippen LogP contribution in [0.25, 0.3) is 6.08 Å². The Bertz CT molecular complexity index is 1070. The number of cyclic esters (lactones) is 1. The molecule has 0 spiro atoms. The number of nitrogens with zero attached hydrogens (tertiary/aromatic N) is 1. The summed E-state index contributed by atoms with van der Waals surface area (Å²) in [5.41, 5.74) is 2.60. The van der Waals surface area contributed by atoms with E-state index in [4.69, 9.17) is 21.1 Å². The van der Waals surface area contributed by atoms with Gasteiger partial charge in [-0.1, -0.05) is 66.2 Å². The van der Waals surface area contributed by atoms with E-state index in [2.05, 4.69) is 4.99 Å². The molecule has 3 aromatic carbocycles. The van der Waals surface area contributed by atoms with Crippen molar-refractivity contribution in [1.29, 1.82) is 0 Å². The number of hydrogen-bond donors (Lipinski definition) is 0. The van der Waals surface area contributed by atoms with Gasteiger partial charge in [0.1, 0.15) is 12.4 Å². The molecular weight excluding hydrogens is 374 g/mol. The molecule has 0 unspecified atom stereocenters. The topological polar surface area (TPSA) is 47.9 Å². The number of carbonyl (C=O) groups excluding carboxylic acids is 1. The predicted molar refractivity (Wildman–Crippen MR) is 109 cm³/mol. The lowest BCUT2D eigenvalue weighted by Gasteiger charge is -2.10. The fourth-order valence-electron chi connectivity index (χ4n) is 2.76. The maximum atomic E-state index is 12.2. The lowest BCUT2D eigenvalue weighted by Crippen LogP contribution is -2.05. The van der Waals surface area contributed by atoms with E-state index in [9.17, 15) is 4.79 Å². The van der Waals surface area contributed by atoms with E-state index in [-0.39, 0.29) is 5.70 Å². The first-order chi connectivity index (χ1) is 13.7. The molecule has 0 aliphatic carbocycles. The molecule has 0 bridgehead atoms. The predicted octanol–water partition coefficient (Wildman–Crippen LogP) is 5.26. The second-order valence-corrected chi connectivity index (χ2v) is 6.53. The molecule has 1 aliphatic rings. The van der Waals surface area contributed by atoms with Crippen molar-refractivity contribution >= 4 is 29.5 Å². The van der Waals surface area contributed by atoms with Crippen LogP contribution in [0.1, 0.15) is 16.7 Å². The average Bonchev–Trinajstić information content (AvgIpc) is 3.09. The van der Waals surface area contributed by atoms with Crippen LogP contribution in [-0.2, 0) is 16.1 Å². The first-order valence-electron chi connectivity index (χ1n) is 8.74. The molecule has 0 aromatic heterocycles. The summed E-state index contributed by atoms with van der Waals surface area (Å²) >= 11 is 6.19. The van der Waals surface area contributed by atoms with Gasteiger partial charge in [0.15, 0.2) is 5.70 Å². The third-order valence-corrected chi connectivity index (χ3v) is 4.56. The molecule has 0 radical (unpaired) electrons. The van der Waals surface area contributed by atoms with Crippen molar-refractivity contribution < 1.29 is 14.3 Å². The summed E-state index contributed by atoms with van der Waals surface area (Å²) < 4.78 is 11.2. The fraction of sp³-hybridized carbons (Fsp3) is 0.0435. The summed E-state index contributed by atoms with van der Waals surface area (Å²) in [4.78, 5) is 16.6. The third kappa shape index (κ3) is 3.97. The van der Waals surface area contributed by atoms with Crippen molar-refractivity contribution in [3.63, 3.8) is 0 Å². The molecule has 0 saturated carbocycles. The van der Waals surface area contributed by atoms with Crippen LogP contribution in [0.3, 0.4) is 0 Å². The molecule has 28 heavy (non-hydrogen) atoms. The highest BCUT2D eigenvalue weighted by Crippen LogP contribution is 2.26. The number of carbonyl (C=O) groups is 1. The summed E-state index contributed by atoms with van der Waals surface area (Å²) in [5, 5.41) is 0.648. The summed E-state index contributed by atoms with van der Waals surface area (Å²) in [6.07, 6.45) is 1.67. The molecule has 3 aromatic rings. The Labute approximate surface area is 167 Å². The SMILES string of the molecule is O=C1OC(c2ccccc2)=NC1=Cc1ccccc1OCc1ccccc1Cl. The summed E-state index contributed by atoms with van der Waals surface area (Å²) in [7, 11) is 0. The summed E-state index contributed by atoms with van der Waals surface area (Å²) in [6, 6.07) is 24.3. The largest absolute Gasteiger partial charge is 0.488 e. The van der Waals surface area contributed by atoms with E-state index in [1.54, 1.807) is 6.08 Å². The van der Waals surface area contributed by atoms with Crippen LogP contribution in [0.2, 0.25) is 5.02 Å². The van der Waals surface area contributed by atoms with E-state index in [1.165, 1.54) is 0 Å². The van der Waals surface area contributed by atoms with Crippen molar-refractivity contribution in [2.24, 2.45) is 4.99 Å². The summed E-state index contributed by atoms with van der Waals surface area (Å²) in [6.45, 7) is 0.322. The van der Waals surface area contributed by atoms with E-state index >= 15 is 0 Å². The number of esters is 1. The molecule has 0 fully saturated rings. The van der Waals surface area contributed by atoms with Gasteiger partial charge in [0, 0.05) is 21.7 Å². The van der Waals surface area contributed by atoms with Gasteiger partial charge >= 0.3 is 5.97 Å². The zero-order chi connectivity index (χ0) is 19.3. The average molecular weight is 390 g/mol. The van der Waals surface area contributed by atoms with E-state index in [0.717, 1.165) is 16.7 Å². The number of halogens is 1. The Morgan fingerprint density at radius 2 is 1.64 bits per heavy atom. The molecule has 5 heteroatoms. The lowest BCUT2D eigenvalue weighted by atomic mass is 10.1. The van der Waals surface area contributed by atoms with Crippen molar-refractivity contribution in [3.8, 4) is 5.75 Å². The highest BCUT2D eigenvalue weighted by molar-refractivity contribution is 6.31. The highest BCUT2D eigenvalue weighted by Gasteiger charge is 2.24. The van der Waals surface area contributed by atoms with Crippen molar-refractivity contribution in [2.75, 3.05) is 0 Å². The number of rotatable bonds is 5. The van der Waals surface area contributed by atoms with Crippen LogP contribution in [0.15, 0.2) is 89.6 Å². The highest BCUT2D eigenvalue weighted by atomic mass is 35.5. The van der Waals surface area contributed by atoms with Gasteiger partial charge in [-0.3, -0.25) is 0 Å². The Balaban J connectivity index is 1.59. The van der Waals surface area contributed by atoms with Crippen LogP contribution in [0.5, 0.6) is 5.75 Å². The van der Waals surface area contributed by atoms with Crippen molar-refractivity contribution in [1.82, 2.24) is 0 Å². The van der Waals surface area contributed by atoms with Gasteiger partial charge in [0.2, 0.25) is 5.90 Å². The van der Waals surface area contributed by atoms with Gasteiger partial charge in [0.05, 0.1) is 0 Å². The normalized spacial score (nSPS) is 14.7. The van der Waals surface area contributed by atoms with Gasteiger partial charge in [-0.15, -0.1) is 0 Å². The van der Waals surface area contributed by atoms with Gasteiger partial charge in [-0.25, -0.2) is 9.79 Å². The van der Waals surface area contributed by atoms with Gasteiger partial charge in [-0.05, 0) is 30.3 Å². The van der Waals surface area contributed by atoms with E-state index in [1.807, 2.05) is 78.9 Å². The molecule has 4 nitrogen and oxygen atoms in total. The Morgan fingerprint density at radius 3 is 2.46 bits per heavy atom. The fourth-order valence-corrected chi connectivity index (χ4v) is 2.95. The molecule has 1 aliphatic heterocycles. The smallest absolute Gasteiger partial charge is 0.363 e. The Hall–Kier alpha value is -3.37. The van der Waals surface area contributed by atoms with Gasteiger partial charge in [-0.2, -0.15) is 0 Å². The standard InChI is InChI=1S/C23H16ClNO3/c24-19-12-6-4-11-18(19)15-27-21-13-7-5-10-17(21)14-20-23(26)28-22(25-20)16-8-2-1-3-9-16/h1-14H,15H2. The number of aliphatic imine (C=N–C) groups is 1. The zero-order valence-corrected chi connectivity index (χ0v) is 15.6. The molecule has 0 atom stereocenters. The van der Waals surface area contributed by atoms with Crippen molar-refractivity contribution in [3.05, 3.63) is 106 Å². The Morgan fingerprint density at radius 1 is 0.929 bits per heavy atom. The van der Waals surface area contributed by atoms with Crippen molar-refractivity contribution in [2.45, 2.75) is 6.61 Å².